The van der Waals surface area contributed by atoms with Gasteiger partial charge in [-0.15, -0.1) is 0 Å². The average molecular weight is 649 g/mol. The van der Waals surface area contributed by atoms with Gasteiger partial charge >= 0.3 is 0 Å². The van der Waals surface area contributed by atoms with E-state index in [-0.39, 0.29) is 15.6 Å². The van der Waals surface area contributed by atoms with Crippen LogP contribution in [0.3, 0.4) is 0 Å². The molecule has 3 fully saturated rings. The fraction of sp³-hybridized carbons (Fsp3) is 0.265. The van der Waals surface area contributed by atoms with Gasteiger partial charge in [0, 0.05) is 29.4 Å². The van der Waals surface area contributed by atoms with Crippen LogP contribution >= 0.6 is 0 Å². The van der Waals surface area contributed by atoms with Gasteiger partial charge in [-0.05, 0) is 93.2 Å². The molecule has 1 atom stereocenters. The molecule has 3 aliphatic heterocycles. The lowest BCUT2D eigenvalue weighted by Gasteiger charge is -2.45. The lowest BCUT2D eigenvalue weighted by Crippen LogP contribution is -2.53. The van der Waals surface area contributed by atoms with Crippen molar-refractivity contribution < 1.29 is 30.7 Å². The molecule has 3 saturated heterocycles. The minimum Gasteiger partial charge on any atom is -0.381 e. The fourth-order valence-corrected chi connectivity index (χ4v) is 6.84. The molecule has 4 aliphatic rings. The quantitative estimate of drug-likeness (QED) is 0.204. The van der Waals surface area contributed by atoms with Gasteiger partial charge in [-0.3, -0.25) is 13.9 Å². The van der Waals surface area contributed by atoms with Crippen molar-refractivity contribution in [1.29, 1.82) is 0 Å². The summed E-state index contributed by atoms with van der Waals surface area (Å²) in [6.07, 6.45) is 2.60. The van der Waals surface area contributed by atoms with Crippen molar-refractivity contribution in [1.82, 2.24) is 4.90 Å². The van der Waals surface area contributed by atoms with E-state index in [0.29, 0.717) is 6.04 Å². The third-order valence-electron chi connectivity index (χ3n) is 8.37. The van der Waals surface area contributed by atoms with Gasteiger partial charge in [0.15, 0.2) is 5.78 Å². The van der Waals surface area contributed by atoms with Crippen LogP contribution in [0.5, 0.6) is 0 Å². The number of piperidine rings is 3. The summed E-state index contributed by atoms with van der Waals surface area (Å²) in [5.41, 5.74) is 6.82. The normalized spacial score (nSPS) is 19.7. The van der Waals surface area contributed by atoms with Crippen LogP contribution in [-0.4, -0.2) is 62.3 Å². The van der Waals surface area contributed by atoms with E-state index in [4.69, 9.17) is 9.11 Å². The number of fused-ring (bicyclic) bond motifs is 6. The van der Waals surface area contributed by atoms with E-state index >= 15 is 0 Å². The van der Waals surface area contributed by atoms with Crippen LogP contribution in [0.4, 0.5) is 5.69 Å². The number of nitrogens with one attached hydrogen (secondary N) is 1. The Labute approximate surface area is 264 Å². The highest BCUT2D eigenvalue weighted by Gasteiger charge is 2.34. The van der Waals surface area contributed by atoms with Gasteiger partial charge in [0.05, 0.1) is 9.79 Å². The van der Waals surface area contributed by atoms with Gasteiger partial charge in [0.2, 0.25) is 0 Å². The maximum absolute atomic E-state index is 12.6. The number of carbonyl (C=O) groups excluding carboxylic acids is 1. The molecule has 0 spiro atoms. The molecule has 0 aromatic heterocycles. The Kier molecular flexibility index (Phi) is 9.57. The molecule has 11 heteroatoms. The molecule has 8 rings (SSSR count). The Hall–Kier alpha value is -3.87. The molecule has 3 heterocycles. The monoisotopic (exact) mass is 648 g/mol. The number of rotatable bonds is 4. The minimum absolute atomic E-state index is 0.0666. The van der Waals surface area contributed by atoms with Crippen molar-refractivity contribution in [3.05, 3.63) is 113 Å². The molecule has 236 valence electrons. The minimum atomic E-state index is -4.02. The van der Waals surface area contributed by atoms with Crippen LogP contribution in [0, 0.1) is 19.8 Å². The smallest absolute Gasteiger partial charge is 0.294 e. The molecule has 1 aliphatic carbocycles. The predicted molar refractivity (Wildman–Crippen MR) is 174 cm³/mol. The van der Waals surface area contributed by atoms with Crippen LogP contribution in [0.2, 0.25) is 0 Å². The molecular weight excluding hydrogens is 613 g/mol. The molecule has 0 radical (unpaired) electrons. The SMILES string of the molecule is Cc1ccc(S(=O)(=O)O)cc1.Cc1ccc(S(=O)(=O)O)cc1.O=C1c2ccccc2-c2ccc(NC3CN4CCC3CC4)cc21. The van der Waals surface area contributed by atoms with E-state index in [1.54, 1.807) is 24.3 Å². The fourth-order valence-electron chi connectivity index (χ4n) is 5.88. The Bertz CT molecular complexity index is 1830. The summed E-state index contributed by atoms with van der Waals surface area (Å²) in [7, 11) is -8.04. The van der Waals surface area contributed by atoms with Crippen molar-refractivity contribution in [2.24, 2.45) is 5.92 Å². The molecule has 2 bridgehead atoms. The van der Waals surface area contributed by atoms with Gasteiger partial charge in [-0.2, -0.15) is 16.8 Å². The molecule has 9 nitrogen and oxygen atoms in total. The van der Waals surface area contributed by atoms with Crippen LogP contribution in [-0.2, 0) is 20.2 Å². The topological polar surface area (TPSA) is 141 Å². The molecule has 1 unspecified atom stereocenters. The maximum Gasteiger partial charge on any atom is 0.294 e. The first kappa shape index (κ1) is 32.5. The molecule has 3 N–H and O–H groups in total. The van der Waals surface area contributed by atoms with Crippen LogP contribution < -0.4 is 5.32 Å². The van der Waals surface area contributed by atoms with Crippen molar-refractivity contribution in [3.8, 4) is 11.1 Å². The van der Waals surface area contributed by atoms with Gasteiger partial charge in [0.1, 0.15) is 0 Å². The second kappa shape index (κ2) is 13.2. The molecule has 45 heavy (non-hydrogen) atoms. The van der Waals surface area contributed by atoms with E-state index in [0.717, 1.165) is 51.5 Å². The maximum atomic E-state index is 12.6. The third kappa shape index (κ3) is 7.86. The van der Waals surface area contributed by atoms with Crippen molar-refractivity contribution >= 4 is 31.7 Å². The number of carbonyl (C=O) groups is 1. The molecule has 0 amide bonds. The van der Waals surface area contributed by atoms with E-state index in [2.05, 4.69) is 28.4 Å². The number of benzene rings is 4. The Morgan fingerprint density at radius 3 is 1.62 bits per heavy atom. The van der Waals surface area contributed by atoms with Crippen LogP contribution in [0.25, 0.3) is 11.1 Å². The van der Waals surface area contributed by atoms with Crippen molar-refractivity contribution in [2.75, 3.05) is 25.0 Å². The summed E-state index contributed by atoms with van der Waals surface area (Å²) in [6.45, 7) is 7.32. The lowest BCUT2D eigenvalue weighted by atomic mass is 9.84. The van der Waals surface area contributed by atoms with E-state index in [1.807, 2.05) is 38.1 Å². The van der Waals surface area contributed by atoms with E-state index < -0.39 is 20.2 Å². The van der Waals surface area contributed by atoms with Crippen LogP contribution in [0.1, 0.15) is 39.9 Å². The zero-order valence-corrected chi connectivity index (χ0v) is 26.7. The summed E-state index contributed by atoms with van der Waals surface area (Å²) in [6, 6.07) is 26.7. The summed E-state index contributed by atoms with van der Waals surface area (Å²) < 4.78 is 59.1. The zero-order chi connectivity index (χ0) is 32.4. The predicted octanol–water partition coefficient (Wildman–Crippen LogP) is 5.89. The van der Waals surface area contributed by atoms with E-state index in [9.17, 15) is 21.6 Å². The summed E-state index contributed by atoms with van der Waals surface area (Å²) in [5.74, 6) is 0.939. The Morgan fingerprint density at radius 2 is 1.16 bits per heavy atom. The summed E-state index contributed by atoms with van der Waals surface area (Å²) in [4.78, 5) is 15.0. The summed E-state index contributed by atoms with van der Waals surface area (Å²) in [5, 5.41) is 3.70. The first-order valence-electron chi connectivity index (χ1n) is 14.6. The number of nitrogens with zero attached hydrogens (tertiary/aromatic N) is 1. The van der Waals surface area contributed by atoms with Crippen LogP contribution in [0.15, 0.2) is 101 Å². The average Bonchev–Trinajstić information content (AvgIpc) is 3.29. The number of hydrogen-bond donors (Lipinski definition) is 3. The number of ketones is 1. The van der Waals surface area contributed by atoms with Gasteiger partial charge in [-0.1, -0.05) is 65.7 Å². The van der Waals surface area contributed by atoms with Gasteiger partial charge < -0.3 is 10.2 Å². The second-order valence-electron chi connectivity index (χ2n) is 11.6. The van der Waals surface area contributed by atoms with Gasteiger partial charge in [-0.25, -0.2) is 0 Å². The Morgan fingerprint density at radius 1 is 0.667 bits per heavy atom. The first-order chi connectivity index (χ1) is 21.3. The number of anilines is 1. The largest absolute Gasteiger partial charge is 0.381 e. The molecule has 0 saturated carbocycles. The third-order valence-corrected chi connectivity index (χ3v) is 10.1. The molecular formula is C34H36N2O7S2. The van der Waals surface area contributed by atoms with Crippen molar-refractivity contribution in [3.63, 3.8) is 0 Å². The van der Waals surface area contributed by atoms with Crippen molar-refractivity contribution in [2.45, 2.75) is 42.5 Å². The molecule has 4 aromatic carbocycles. The first-order valence-corrected chi connectivity index (χ1v) is 17.5. The lowest BCUT2D eigenvalue weighted by molar-refractivity contribution is 0.0975. The van der Waals surface area contributed by atoms with Gasteiger partial charge in [0.25, 0.3) is 20.2 Å². The zero-order valence-electron chi connectivity index (χ0n) is 25.0. The number of aryl methyl sites for hydroxylation is 2. The standard InChI is InChI=1S/C20H20N2O.2C7H8O3S/c23-20-17-4-2-1-3-15(17)16-6-5-14(11-18(16)20)21-19-12-22-9-7-13(19)8-10-22;2*1-6-2-4-7(5-3-6)11(8,9)10/h1-6,11,13,19,21H,7-10,12H2;2*2-5H,1H3,(H,8,9,10). The highest BCUT2D eigenvalue weighted by atomic mass is 32.2. The Balaban J connectivity index is 0.000000153. The highest BCUT2D eigenvalue weighted by molar-refractivity contribution is 7.86. The molecule has 4 aromatic rings. The van der Waals surface area contributed by atoms with E-state index in [1.165, 1.54) is 50.2 Å². The number of hydrogen-bond acceptors (Lipinski definition) is 7. The second-order valence-corrected chi connectivity index (χ2v) is 14.4. The highest BCUT2D eigenvalue weighted by Crippen LogP contribution is 2.38. The summed E-state index contributed by atoms with van der Waals surface area (Å²) >= 11 is 0.